The summed E-state index contributed by atoms with van der Waals surface area (Å²) in [5.74, 6) is -5.57. The lowest BCUT2D eigenvalue weighted by Crippen LogP contribution is -2.64. The Bertz CT molecular complexity index is 1370. The third kappa shape index (κ3) is 10.8. The van der Waals surface area contributed by atoms with E-state index in [9.17, 15) is 24.3 Å². The maximum Gasteiger partial charge on any atom is 0.329 e. The van der Waals surface area contributed by atoms with E-state index in [2.05, 4.69) is 45.1 Å². The molecule has 0 radical (unpaired) electrons. The number of piperidine rings is 1. The number of nitrogens with zero attached hydrogens (tertiary/aromatic N) is 1. The van der Waals surface area contributed by atoms with Gasteiger partial charge in [0, 0.05) is 39.0 Å². The molecule has 11 unspecified atom stereocenters. The molecule has 298 valence electrons. The number of ether oxygens (including phenoxy) is 4. The standard InChI is InChI=1S/C43H67NO9/c1-9-15-33-23-27(2)22-28(3)24-36(50-7)39-37(51-8)26-31(6)43(49,53-39)40(46)41(47)44-21-14-13-18-34(44)42(48)52-38(29(4)19-20-35(33)45)30(5)25-32-16-11-10-12-17-32/h10-11,23,25,28-29,31-34,36-39,49H,9,12-22,24,26H2,1-8H3. The van der Waals surface area contributed by atoms with Crippen LogP contribution < -0.4 is 0 Å². The fourth-order valence-electron chi connectivity index (χ4n) is 9.03. The Morgan fingerprint density at radius 3 is 2.40 bits per heavy atom. The summed E-state index contributed by atoms with van der Waals surface area (Å²) in [4.78, 5) is 57.6. The highest BCUT2D eigenvalue weighted by molar-refractivity contribution is 6.39. The van der Waals surface area contributed by atoms with Gasteiger partial charge in [-0.1, -0.05) is 64.0 Å². The monoisotopic (exact) mass is 741 g/mol. The molecular weight excluding hydrogens is 674 g/mol. The lowest BCUT2D eigenvalue weighted by Gasteiger charge is -2.47. The topological polar surface area (TPSA) is 129 Å². The minimum absolute atomic E-state index is 0.112. The van der Waals surface area contributed by atoms with E-state index in [1.807, 2.05) is 13.8 Å². The van der Waals surface area contributed by atoms with Gasteiger partial charge in [-0.05, 0) is 108 Å². The van der Waals surface area contributed by atoms with Crippen molar-refractivity contribution >= 4 is 23.4 Å². The number of hydrogen-bond donors (Lipinski definition) is 1. The van der Waals surface area contributed by atoms with Gasteiger partial charge in [0.25, 0.3) is 11.7 Å². The summed E-state index contributed by atoms with van der Waals surface area (Å²) in [6, 6.07) is -0.990. The average molecular weight is 742 g/mol. The van der Waals surface area contributed by atoms with Gasteiger partial charge < -0.3 is 29.0 Å². The number of ketones is 2. The number of aliphatic hydroxyl groups is 1. The van der Waals surface area contributed by atoms with Crippen LogP contribution in [0.3, 0.4) is 0 Å². The zero-order chi connectivity index (χ0) is 38.9. The molecule has 0 saturated carbocycles. The van der Waals surface area contributed by atoms with Crippen molar-refractivity contribution in [3.05, 3.63) is 35.5 Å². The molecule has 1 amide bonds. The molecular formula is C43H67NO9. The van der Waals surface area contributed by atoms with Crippen LogP contribution >= 0.6 is 0 Å². The zero-order valence-corrected chi connectivity index (χ0v) is 33.6. The number of hydrogen-bond acceptors (Lipinski definition) is 9. The number of esters is 1. The highest BCUT2D eigenvalue weighted by atomic mass is 16.7. The van der Waals surface area contributed by atoms with E-state index in [0.717, 1.165) is 49.7 Å². The number of amides is 1. The first-order valence-electron chi connectivity index (χ1n) is 20.3. The summed E-state index contributed by atoms with van der Waals surface area (Å²) >= 11 is 0. The summed E-state index contributed by atoms with van der Waals surface area (Å²) < 4.78 is 24.4. The molecule has 2 saturated heterocycles. The molecule has 53 heavy (non-hydrogen) atoms. The summed E-state index contributed by atoms with van der Waals surface area (Å²) in [6.07, 6.45) is 14.8. The smallest absolute Gasteiger partial charge is 0.329 e. The minimum atomic E-state index is -2.43. The van der Waals surface area contributed by atoms with Gasteiger partial charge in [0.1, 0.15) is 24.0 Å². The van der Waals surface area contributed by atoms with E-state index >= 15 is 0 Å². The van der Waals surface area contributed by atoms with Crippen molar-refractivity contribution in [2.45, 2.75) is 161 Å². The highest BCUT2D eigenvalue weighted by Gasteiger charge is 2.56. The third-order valence-electron chi connectivity index (χ3n) is 12.1. The van der Waals surface area contributed by atoms with Gasteiger partial charge >= 0.3 is 5.97 Å². The second kappa shape index (κ2) is 19.8. The number of carbonyl (C=O) groups excluding carboxylic acids is 4. The van der Waals surface area contributed by atoms with Gasteiger partial charge in [-0.25, -0.2) is 4.79 Å². The van der Waals surface area contributed by atoms with E-state index in [4.69, 9.17) is 18.9 Å². The van der Waals surface area contributed by atoms with Gasteiger partial charge in [-0.15, -0.1) is 0 Å². The van der Waals surface area contributed by atoms with E-state index < -0.39 is 59.8 Å². The van der Waals surface area contributed by atoms with Crippen LogP contribution in [-0.2, 0) is 38.1 Å². The molecule has 4 rings (SSSR count). The molecule has 0 aromatic carbocycles. The van der Waals surface area contributed by atoms with Crippen molar-refractivity contribution in [2.75, 3.05) is 20.8 Å². The van der Waals surface area contributed by atoms with E-state index in [1.165, 1.54) is 4.90 Å². The van der Waals surface area contributed by atoms with E-state index in [0.29, 0.717) is 44.4 Å². The van der Waals surface area contributed by atoms with Crippen LogP contribution in [0.4, 0.5) is 0 Å². The van der Waals surface area contributed by atoms with Crippen molar-refractivity contribution in [2.24, 2.45) is 29.6 Å². The fourth-order valence-corrected chi connectivity index (χ4v) is 9.03. The zero-order valence-electron chi connectivity index (χ0n) is 33.6. The molecule has 1 aliphatic carbocycles. The van der Waals surface area contributed by atoms with Gasteiger partial charge in [-0.2, -0.15) is 0 Å². The van der Waals surface area contributed by atoms with E-state index in [-0.39, 0.29) is 36.5 Å². The van der Waals surface area contributed by atoms with Crippen molar-refractivity contribution in [1.29, 1.82) is 0 Å². The van der Waals surface area contributed by atoms with Crippen molar-refractivity contribution in [3.8, 4) is 0 Å². The molecule has 0 spiro atoms. The molecule has 3 heterocycles. The second-order valence-electron chi connectivity index (χ2n) is 16.6. The van der Waals surface area contributed by atoms with E-state index in [1.54, 1.807) is 21.1 Å². The predicted octanol–water partition coefficient (Wildman–Crippen LogP) is 7.07. The maximum absolute atomic E-state index is 14.2. The molecule has 2 bridgehead atoms. The number of allylic oxidation sites excluding steroid dienone is 5. The largest absolute Gasteiger partial charge is 0.456 e. The van der Waals surface area contributed by atoms with Gasteiger partial charge in [-0.3, -0.25) is 14.4 Å². The molecule has 10 nitrogen and oxygen atoms in total. The Hall–Kier alpha value is -2.66. The Kier molecular flexibility index (Phi) is 16.1. The van der Waals surface area contributed by atoms with Crippen LogP contribution in [0.5, 0.6) is 0 Å². The van der Waals surface area contributed by atoms with Crippen LogP contribution in [0.1, 0.15) is 125 Å². The van der Waals surface area contributed by atoms with Crippen LogP contribution in [0.2, 0.25) is 0 Å². The molecule has 3 aliphatic heterocycles. The summed E-state index contributed by atoms with van der Waals surface area (Å²) in [5.41, 5.74) is 2.04. The predicted molar refractivity (Wildman–Crippen MR) is 204 cm³/mol. The Morgan fingerprint density at radius 1 is 1.02 bits per heavy atom. The molecule has 0 aromatic rings. The van der Waals surface area contributed by atoms with Crippen LogP contribution in [0.15, 0.2) is 35.5 Å². The maximum atomic E-state index is 14.2. The third-order valence-corrected chi connectivity index (χ3v) is 12.1. The molecule has 0 aromatic heterocycles. The number of carbonyl (C=O) groups is 4. The van der Waals surface area contributed by atoms with Gasteiger partial charge in [0.15, 0.2) is 0 Å². The second-order valence-corrected chi connectivity index (χ2v) is 16.6. The highest BCUT2D eigenvalue weighted by Crippen LogP contribution is 2.39. The van der Waals surface area contributed by atoms with Crippen LogP contribution in [0, 0.1) is 29.6 Å². The van der Waals surface area contributed by atoms with Crippen molar-refractivity contribution in [3.63, 3.8) is 0 Å². The lowest BCUT2D eigenvalue weighted by atomic mass is 9.82. The lowest BCUT2D eigenvalue weighted by molar-refractivity contribution is -0.302. The first kappa shape index (κ1) is 43.1. The molecule has 2 fully saturated rings. The Morgan fingerprint density at radius 2 is 1.74 bits per heavy atom. The molecule has 10 heteroatoms. The van der Waals surface area contributed by atoms with Gasteiger partial charge in [0.05, 0.1) is 12.2 Å². The number of methoxy groups -OCH3 is 2. The number of cyclic esters (lactones) is 1. The number of fused-ring (bicyclic) bond motifs is 3. The number of rotatable bonds is 6. The summed E-state index contributed by atoms with van der Waals surface area (Å²) in [5, 5.41) is 12.0. The fraction of sp³-hybridized carbons (Fsp3) is 0.767. The van der Waals surface area contributed by atoms with Gasteiger partial charge in [0.2, 0.25) is 5.79 Å². The first-order chi connectivity index (χ1) is 25.2. The molecule has 11 atom stereocenters. The average Bonchev–Trinajstić information content (AvgIpc) is 3.14. The van der Waals surface area contributed by atoms with Crippen LogP contribution in [0.25, 0.3) is 0 Å². The minimum Gasteiger partial charge on any atom is -0.456 e. The molecule has 1 N–H and O–H groups in total. The first-order valence-corrected chi connectivity index (χ1v) is 20.3. The normalized spacial score (nSPS) is 37.7. The Labute approximate surface area is 318 Å². The number of Topliss-reactive ketones (excluding diaryl/α,β-unsaturated/α-hetero) is 2. The Balaban J connectivity index is 1.74. The van der Waals surface area contributed by atoms with Crippen molar-refractivity contribution in [1.82, 2.24) is 4.90 Å². The SMILES string of the molecule is CCCC1C=C(C)CC(C)CC(OC)C2OC(O)(C(=O)C(=O)N3CCCCC3C(=O)OC(C(C)=CC3CC=CCC3)C(C)CCC1=O)C(C)CC2OC. The summed E-state index contributed by atoms with van der Waals surface area (Å²) in [6.45, 7) is 12.1. The molecule has 4 aliphatic rings. The summed E-state index contributed by atoms with van der Waals surface area (Å²) in [7, 11) is 3.13. The van der Waals surface area contributed by atoms with Crippen LogP contribution in [-0.4, -0.2) is 90.5 Å². The van der Waals surface area contributed by atoms with Crippen molar-refractivity contribution < 1.29 is 43.2 Å². The quantitative estimate of drug-likeness (QED) is 0.173.